The molecule has 0 radical (unpaired) electrons. The van der Waals surface area contributed by atoms with Gasteiger partial charge in [0.15, 0.2) is 0 Å². The summed E-state index contributed by atoms with van der Waals surface area (Å²) in [7, 11) is 4.02. The number of hydrogen-bond donors (Lipinski definition) is 1. The fourth-order valence-corrected chi connectivity index (χ4v) is 1.93. The van der Waals surface area contributed by atoms with Gasteiger partial charge in [0.05, 0.1) is 19.1 Å². The van der Waals surface area contributed by atoms with Crippen molar-refractivity contribution < 1.29 is 4.90 Å². The highest BCUT2D eigenvalue weighted by Gasteiger charge is 2.29. The van der Waals surface area contributed by atoms with Crippen molar-refractivity contribution in [1.29, 1.82) is 0 Å². The molecule has 2 heteroatoms. The molecule has 2 aliphatic rings. The van der Waals surface area contributed by atoms with Gasteiger partial charge in [0, 0.05) is 6.42 Å². The number of hydrogen-bond acceptors (Lipinski definition) is 1. The van der Waals surface area contributed by atoms with Gasteiger partial charge < -0.3 is 4.90 Å². The molecule has 58 valence electrons. The molecule has 0 aromatic carbocycles. The Balaban J connectivity index is 1.82. The van der Waals surface area contributed by atoms with E-state index in [1.165, 1.54) is 43.9 Å². The molecule has 2 nitrogen and oxygen atoms in total. The van der Waals surface area contributed by atoms with Gasteiger partial charge in [-0.15, -0.1) is 0 Å². The first-order chi connectivity index (χ1) is 4.86. The lowest BCUT2D eigenvalue weighted by atomic mass is 10.1. The normalized spacial score (nSPS) is 41.7. The Morgan fingerprint density at radius 3 is 2.60 bits per heavy atom. The van der Waals surface area contributed by atoms with Crippen molar-refractivity contribution in [3.63, 3.8) is 0 Å². The molecule has 0 bridgehead atoms. The van der Waals surface area contributed by atoms with Crippen molar-refractivity contribution >= 4 is 0 Å². The van der Waals surface area contributed by atoms with Crippen LogP contribution in [-0.4, -0.2) is 37.1 Å². The Hall–Kier alpha value is -0.0800. The van der Waals surface area contributed by atoms with Gasteiger partial charge in [-0.05, 0) is 19.5 Å². The molecule has 2 saturated heterocycles. The van der Waals surface area contributed by atoms with Crippen molar-refractivity contribution in [2.45, 2.75) is 18.9 Å². The number of likely N-dealkylation sites (tertiary alicyclic amines) is 2. The zero-order chi connectivity index (χ0) is 6.97. The molecule has 10 heavy (non-hydrogen) atoms. The third-order valence-corrected chi connectivity index (χ3v) is 2.76. The van der Waals surface area contributed by atoms with Gasteiger partial charge in [0.1, 0.15) is 0 Å². The summed E-state index contributed by atoms with van der Waals surface area (Å²) in [6.45, 7) is 5.25. The van der Waals surface area contributed by atoms with E-state index in [9.17, 15) is 0 Å². The van der Waals surface area contributed by atoms with Crippen LogP contribution in [0, 0.1) is 7.05 Å². The van der Waals surface area contributed by atoms with Gasteiger partial charge in [-0.1, -0.05) is 0 Å². The van der Waals surface area contributed by atoms with Crippen LogP contribution in [0.1, 0.15) is 12.8 Å². The molecule has 0 aliphatic carbocycles. The fraction of sp³-hybridized carbons (Fsp3) is 0.875. The van der Waals surface area contributed by atoms with Gasteiger partial charge in [0.25, 0.3) is 0 Å². The summed E-state index contributed by atoms with van der Waals surface area (Å²) in [5, 5.41) is 0. The van der Waals surface area contributed by atoms with Gasteiger partial charge in [-0.3, -0.25) is 4.90 Å². The lowest BCUT2D eigenvalue weighted by molar-refractivity contribution is -0.840. The third-order valence-electron chi connectivity index (χ3n) is 2.76. The van der Waals surface area contributed by atoms with E-state index >= 15 is 0 Å². The number of quaternary nitrogens is 1. The highest BCUT2D eigenvalue weighted by atomic mass is 15.3. The lowest BCUT2D eigenvalue weighted by Gasteiger charge is -2.35. The van der Waals surface area contributed by atoms with E-state index < -0.39 is 0 Å². The highest BCUT2D eigenvalue weighted by Crippen LogP contribution is 2.13. The van der Waals surface area contributed by atoms with Gasteiger partial charge in [-0.25, -0.2) is 0 Å². The van der Waals surface area contributed by atoms with Crippen LogP contribution in [0.3, 0.4) is 0 Å². The predicted molar refractivity (Wildman–Crippen MR) is 40.6 cm³/mol. The molecule has 2 fully saturated rings. The van der Waals surface area contributed by atoms with Crippen LogP contribution in [-0.2, 0) is 0 Å². The first kappa shape index (κ1) is 6.62. The first-order valence-electron chi connectivity index (χ1n) is 4.27. The molecular weight excluding hydrogens is 124 g/mol. The standard InChI is InChI=1S/C8H16N2/c1-9-6-3-8(7-9)10-4-2-5-10/h8-9H,1-7H2. The SMILES string of the molecule is [CH2-][NH+]1CCC(N2CCC2)C1. The fourth-order valence-electron chi connectivity index (χ4n) is 1.93. The summed E-state index contributed by atoms with van der Waals surface area (Å²) in [6.07, 6.45) is 2.79. The van der Waals surface area contributed by atoms with Crippen LogP contribution in [0.4, 0.5) is 0 Å². The summed E-state index contributed by atoms with van der Waals surface area (Å²) in [4.78, 5) is 4.06. The maximum absolute atomic E-state index is 4.02. The second-order valence-corrected chi connectivity index (χ2v) is 3.54. The number of nitrogens with zero attached hydrogens (tertiary/aromatic N) is 1. The topological polar surface area (TPSA) is 7.68 Å². The van der Waals surface area contributed by atoms with E-state index in [0.717, 1.165) is 6.04 Å². The molecule has 2 unspecified atom stereocenters. The zero-order valence-corrected chi connectivity index (χ0v) is 6.47. The average Bonchev–Trinajstić information content (AvgIpc) is 2.10. The van der Waals surface area contributed by atoms with Crippen molar-refractivity contribution in [3.8, 4) is 0 Å². The largest absolute Gasteiger partial charge is 0.466 e. The Labute approximate surface area is 62.8 Å². The van der Waals surface area contributed by atoms with Gasteiger partial charge in [-0.2, -0.15) is 7.05 Å². The average molecular weight is 140 g/mol. The number of nitrogens with one attached hydrogen (secondary N) is 1. The van der Waals surface area contributed by atoms with E-state index in [1.807, 2.05) is 0 Å². The minimum absolute atomic E-state index is 0.876. The smallest absolute Gasteiger partial charge is 0.0691 e. The molecule has 1 N–H and O–H groups in total. The van der Waals surface area contributed by atoms with Crippen molar-refractivity contribution in [2.24, 2.45) is 0 Å². The van der Waals surface area contributed by atoms with Crippen molar-refractivity contribution in [2.75, 3.05) is 26.2 Å². The first-order valence-corrected chi connectivity index (χ1v) is 4.27. The van der Waals surface area contributed by atoms with Gasteiger partial charge in [0.2, 0.25) is 0 Å². The number of rotatable bonds is 1. The maximum atomic E-state index is 4.02. The molecule has 2 heterocycles. The van der Waals surface area contributed by atoms with Crippen molar-refractivity contribution in [1.82, 2.24) is 4.90 Å². The molecule has 0 aromatic rings. The lowest BCUT2D eigenvalue weighted by Crippen LogP contribution is -3.05. The predicted octanol–water partition coefficient (Wildman–Crippen LogP) is -0.859. The van der Waals surface area contributed by atoms with E-state index in [2.05, 4.69) is 11.9 Å². The summed E-state index contributed by atoms with van der Waals surface area (Å²) in [5.74, 6) is 0. The summed E-state index contributed by atoms with van der Waals surface area (Å²) < 4.78 is 0. The maximum Gasteiger partial charge on any atom is 0.0691 e. The Morgan fingerprint density at radius 1 is 1.40 bits per heavy atom. The van der Waals surface area contributed by atoms with E-state index in [-0.39, 0.29) is 0 Å². The van der Waals surface area contributed by atoms with Crippen LogP contribution in [0.15, 0.2) is 0 Å². The van der Waals surface area contributed by atoms with Gasteiger partial charge >= 0.3 is 0 Å². The second kappa shape index (κ2) is 2.51. The summed E-state index contributed by atoms with van der Waals surface area (Å²) >= 11 is 0. The second-order valence-electron chi connectivity index (χ2n) is 3.54. The van der Waals surface area contributed by atoms with Crippen molar-refractivity contribution in [3.05, 3.63) is 7.05 Å². The monoisotopic (exact) mass is 140 g/mol. The zero-order valence-electron chi connectivity index (χ0n) is 6.47. The summed E-state index contributed by atoms with van der Waals surface area (Å²) in [6, 6.07) is 0.876. The molecule has 0 amide bonds. The van der Waals surface area contributed by atoms with E-state index in [4.69, 9.17) is 0 Å². The Kier molecular flexibility index (Phi) is 1.66. The summed E-state index contributed by atoms with van der Waals surface area (Å²) in [5.41, 5.74) is 0. The third kappa shape index (κ3) is 1.06. The van der Waals surface area contributed by atoms with Crippen LogP contribution >= 0.6 is 0 Å². The highest BCUT2D eigenvalue weighted by molar-refractivity contribution is 4.79. The minimum Gasteiger partial charge on any atom is -0.466 e. The molecule has 0 saturated carbocycles. The van der Waals surface area contributed by atoms with Crippen LogP contribution < -0.4 is 4.90 Å². The molecule has 2 aliphatic heterocycles. The molecule has 0 spiro atoms. The van der Waals surface area contributed by atoms with E-state index in [0.29, 0.717) is 0 Å². The Morgan fingerprint density at radius 2 is 2.20 bits per heavy atom. The van der Waals surface area contributed by atoms with Crippen LogP contribution in [0.5, 0.6) is 0 Å². The Bertz CT molecular complexity index is 120. The molecule has 2 atom stereocenters. The van der Waals surface area contributed by atoms with Crippen LogP contribution in [0.25, 0.3) is 0 Å². The molecular formula is C8H16N2. The van der Waals surface area contributed by atoms with Crippen LogP contribution in [0.2, 0.25) is 0 Å². The quantitative estimate of drug-likeness (QED) is 0.466. The molecule has 0 aromatic heterocycles. The minimum atomic E-state index is 0.876. The molecule has 2 rings (SSSR count). The van der Waals surface area contributed by atoms with E-state index in [1.54, 1.807) is 0 Å².